The first-order valence-electron chi connectivity index (χ1n) is 5.95. The van der Waals surface area contributed by atoms with E-state index in [-0.39, 0.29) is 23.2 Å². The van der Waals surface area contributed by atoms with Gasteiger partial charge in [-0.15, -0.1) is 0 Å². The highest BCUT2D eigenvalue weighted by atomic mass is 19.4. The monoisotopic (exact) mass is 267 g/mol. The Bertz CT molecular complexity index is 544. The number of alkyl halides is 3. The number of rotatable bonds is 3. The van der Waals surface area contributed by atoms with Gasteiger partial charge in [0.2, 0.25) is 0 Å². The summed E-state index contributed by atoms with van der Waals surface area (Å²) in [6.07, 6.45) is -3.75. The normalized spacial score (nSPS) is 23.5. The number of carbonyl (C=O) groups is 1. The van der Waals surface area contributed by atoms with E-state index in [2.05, 4.69) is 0 Å². The molecule has 100 valence electrons. The molecule has 1 aromatic carbocycles. The van der Waals surface area contributed by atoms with Gasteiger partial charge < -0.3 is 0 Å². The number of Topliss-reactive ketones (excluding diaryl/α,β-unsaturated/α-hetero) is 1. The Hall–Kier alpha value is -1.83. The quantitative estimate of drug-likeness (QED) is 0.840. The van der Waals surface area contributed by atoms with Crippen LogP contribution in [-0.4, -0.2) is 5.78 Å². The van der Waals surface area contributed by atoms with Crippen LogP contribution in [0.15, 0.2) is 24.3 Å². The average Bonchev–Trinajstić information content (AvgIpc) is 3.06. The van der Waals surface area contributed by atoms with Gasteiger partial charge in [0.05, 0.1) is 11.6 Å². The minimum atomic E-state index is -4.47. The third-order valence-electron chi connectivity index (χ3n) is 3.44. The van der Waals surface area contributed by atoms with Gasteiger partial charge in [0, 0.05) is 5.92 Å². The lowest BCUT2D eigenvalue weighted by Gasteiger charge is -2.11. The highest BCUT2D eigenvalue weighted by Gasteiger charge is 2.43. The smallest absolute Gasteiger partial charge is 0.298 e. The number of benzene rings is 1. The lowest BCUT2D eigenvalue weighted by molar-refractivity contribution is -0.137. The average molecular weight is 267 g/mol. The first-order chi connectivity index (χ1) is 8.84. The molecule has 1 saturated carbocycles. The van der Waals surface area contributed by atoms with Crippen molar-refractivity contribution in [2.24, 2.45) is 11.8 Å². The van der Waals surface area contributed by atoms with Crippen molar-refractivity contribution in [2.75, 3.05) is 0 Å². The van der Waals surface area contributed by atoms with Crippen LogP contribution in [0.4, 0.5) is 13.2 Å². The maximum absolute atomic E-state index is 12.6. The van der Waals surface area contributed by atoms with Crippen LogP contribution in [0.5, 0.6) is 0 Å². The topological polar surface area (TPSA) is 40.9 Å². The number of nitrogens with zero attached hydrogens (tertiary/aromatic N) is 1. The largest absolute Gasteiger partial charge is 0.416 e. The summed E-state index contributed by atoms with van der Waals surface area (Å²) in [5, 5.41) is 9.05. The van der Waals surface area contributed by atoms with Gasteiger partial charge in [-0.3, -0.25) is 4.79 Å². The second-order valence-corrected chi connectivity index (χ2v) is 4.91. The first-order valence-corrected chi connectivity index (χ1v) is 5.95. The van der Waals surface area contributed by atoms with E-state index in [1.165, 1.54) is 12.1 Å². The Morgan fingerprint density at radius 2 is 2.11 bits per heavy atom. The van der Waals surface area contributed by atoms with E-state index in [1.807, 2.05) is 13.0 Å². The van der Waals surface area contributed by atoms with Gasteiger partial charge in [-0.05, 0) is 24.0 Å². The van der Waals surface area contributed by atoms with Crippen molar-refractivity contribution >= 4 is 5.78 Å². The maximum atomic E-state index is 12.6. The van der Waals surface area contributed by atoms with E-state index in [4.69, 9.17) is 5.26 Å². The molecule has 0 aliphatic heterocycles. The van der Waals surface area contributed by atoms with Gasteiger partial charge >= 0.3 is 6.18 Å². The van der Waals surface area contributed by atoms with Gasteiger partial charge in [0.25, 0.3) is 0 Å². The van der Waals surface area contributed by atoms with E-state index in [0.29, 0.717) is 0 Å². The van der Waals surface area contributed by atoms with Crippen LogP contribution < -0.4 is 0 Å². The summed E-state index contributed by atoms with van der Waals surface area (Å²) in [4.78, 5) is 12.0. The molecular formula is C14H12F3NO. The molecular weight excluding hydrogens is 255 g/mol. The van der Waals surface area contributed by atoms with E-state index >= 15 is 0 Å². The lowest BCUT2D eigenvalue weighted by atomic mass is 9.92. The van der Waals surface area contributed by atoms with Gasteiger partial charge in [-0.25, -0.2) is 0 Å². The van der Waals surface area contributed by atoms with Gasteiger partial charge in [-0.2, -0.15) is 18.4 Å². The predicted molar refractivity (Wildman–Crippen MR) is 62.1 cm³/mol. The number of ketones is 1. The van der Waals surface area contributed by atoms with Crippen LogP contribution >= 0.6 is 0 Å². The minimum absolute atomic E-state index is 0.126. The maximum Gasteiger partial charge on any atom is 0.416 e. The third kappa shape index (κ3) is 2.78. The second kappa shape index (κ2) is 4.69. The molecule has 19 heavy (non-hydrogen) atoms. The minimum Gasteiger partial charge on any atom is -0.298 e. The molecule has 0 N–H and O–H groups in total. The summed E-state index contributed by atoms with van der Waals surface area (Å²) in [6.45, 7) is 1.89. The SMILES string of the molecule is CC1CC1C(=O)C(C#N)c1cccc(C(F)(F)F)c1. The highest BCUT2D eigenvalue weighted by molar-refractivity contribution is 5.92. The molecule has 0 bridgehead atoms. The van der Waals surface area contributed by atoms with E-state index in [0.717, 1.165) is 18.6 Å². The van der Waals surface area contributed by atoms with Crippen LogP contribution in [0, 0.1) is 23.2 Å². The van der Waals surface area contributed by atoms with E-state index in [9.17, 15) is 18.0 Å². The molecule has 0 saturated heterocycles. The van der Waals surface area contributed by atoms with Gasteiger partial charge in [0.15, 0.2) is 5.78 Å². The van der Waals surface area contributed by atoms with Crippen LogP contribution in [0.3, 0.4) is 0 Å². The Morgan fingerprint density at radius 1 is 1.47 bits per heavy atom. The molecule has 3 atom stereocenters. The molecule has 0 heterocycles. The number of carbonyl (C=O) groups excluding carboxylic acids is 1. The Labute approximate surface area is 108 Å². The zero-order chi connectivity index (χ0) is 14.2. The van der Waals surface area contributed by atoms with Crippen LogP contribution in [0.1, 0.15) is 30.4 Å². The van der Waals surface area contributed by atoms with Crippen molar-refractivity contribution in [3.8, 4) is 6.07 Å². The molecule has 0 aromatic heterocycles. The van der Waals surface area contributed by atoms with E-state index in [1.54, 1.807) is 0 Å². The van der Waals surface area contributed by atoms with Crippen molar-refractivity contribution in [2.45, 2.75) is 25.4 Å². The zero-order valence-electron chi connectivity index (χ0n) is 10.2. The first kappa shape index (κ1) is 13.6. The van der Waals surface area contributed by atoms with Crippen molar-refractivity contribution in [3.63, 3.8) is 0 Å². The summed E-state index contributed by atoms with van der Waals surface area (Å²) in [5.74, 6) is -1.32. The number of halogens is 3. The van der Waals surface area contributed by atoms with Crippen LogP contribution in [0.2, 0.25) is 0 Å². The molecule has 1 aliphatic carbocycles. The Morgan fingerprint density at radius 3 is 2.58 bits per heavy atom. The molecule has 2 nitrogen and oxygen atoms in total. The van der Waals surface area contributed by atoms with Gasteiger partial charge in [0.1, 0.15) is 5.92 Å². The fourth-order valence-electron chi connectivity index (χ4n) is 2.13. The molecule has 5 heteroatoms. The third-order valence-corrected chi connectivity index (χ3v) is 3.44. The molecule has 0 amide bonds. The zero-order valence-corrected chi connectivity index (χ0v) is 10.2. The summed E-state index contributed by atoms with van der Waals surface area (Å²) in [7, 11) is 0. The standard InChI is InChI=1S/C14H12F3NO/c1-8-5-11(8)13(19)12(7-18)9-3-2-4-10(6-9)14(15,16)17/h2-4,6,8,11-12H,5H2,1H3. The van der Waals surface area contributed by atoms with Crippen LogP contribution in [0.25, 0.3) is 0 Å². The molecule has 0 radical (unpaired) electrons. The predicted octanol–water partition coefficient (Wildman–Crippen LogP) is 3.54. The van der Waals surface area contributed by atoms with Crippen molar-refractivity contribution in [1.82, 2.24) is 0 Å². The summed E-state index contributed by atoms with van der Waals surface area (Å²) in [6, 6.07) is 6.27. The number of nitriles is 1. The molecule has 3 unspecified atom stereocenters. The summed E-state index contributed by atoms with van der Waals surface area (Å²) >= 11 is 0. The van der Waals surface area contributed by atoms with Crippen LogP contribution in [-0.2, 0) is 11.0 Å². The molecule has 1 aliphatic rings. The van der Waals surface area contributed by atoms with Crippen molar-refractivity contribution in [3.05, 3.63) is 35.4 Å². The number of hydrogen-bond donors (Lipinski definition) is 0. The fourth-order valence-corrected chi connectivity index (χ4v) is 2.13. The number of hydrogen-bond acceptors (Lipinski definition) is 2. The van der Waals surface area contributed by atoms with Gasteiger partial charge in [-0.1, -0.05) is 25.1 Å². The molecule has 0 spiro atoms. The fraction of sp³-hybridized carbons (Fsp3) is 0.429. The molecule has 2 rings (SSSR count). The Balaban J connectivity index is 2.29. The summed E-state index contributed by atoms with van der Waals surface area (Å²) < 4.78 is 37.8. The second-order valence-electron chi connectivity index (χ2n) is 4.91. The van der Waals surface area contributed by atoms with E-state index < -0.39 is 17.7 Å². The van der Waals surface area contributed by atoms with Crippen molar-refractivity contribution in [1.29, 1.82) is 5.26 Å². The lowest BCUT2D eigenvalue weighted by Crippen LogP contribution is -2.15. The van der Waals surface area contributed by atoms with Crippen molar-refractivity contribution < 1.29 is 18.0 Å². The molecule has 1 aromatic rings. The highest BCUT2D eigenvalue weighted by Crippen LogP contribution is 2.42. The molecule has 1 fully saturated rings. The summed E-state index contributed by atoms with van der Waals surface area (Å²) in [5.41, 5.74) is -0.705. The Kier molecular flexibility index (Phi) is 3.36.